The molecule has 1 N–H and O–H groups in total. The minimum Gasteiger partial charge on any atom is -0.347 e. The van der Waals surface area contributed by atoms with Gasteiger partial charge in [0.15, 0.2) is 0 Å². The lowest BCUT2D eigenvalue weighted by Crippen LogP contribution is -2.24. The van der Waals surface area contributed by atoms with Gasteiger partial charge in [0.1, 0.15) is 5.69 Å². The highest BCUT2D eigenvalue weighted by atomic mass is 19.3. The van der Waals surface area contributed by atoms with Crippen molar-refractivity contribution in [1.82, 2.24) is 10.3 Å². The van der Waals surface area contributed by atoms with E-state index in [-0.39, 0.29) is 17.8 Å². The van der Waals surface area contributed by atoms with Gasteiger partial charge in [-0.15, -0.1) is 6.58 Å². The monoisotopic (exact) mass is 212 g/mol. The molecule has 3 nitrogen and oxygen atoms in total. The van der Waals surface area contributed by atoms with Crippen molar-refractivity contribution in [3.05, 3.63) is 42.2 Å². The Morgan fingerprint density at radius 1 is 1.67 bits per heavy atom. The number of aromatic nitrogens is 1. The molecular formula is C10H10F2N2O. The number of hydrogen-bond acceptors (Lipinski definition) is 2. The zero-order chi connectivity index (χ0) is 11.3. The summed E-state index contributed by atoms with van der Waals surface area (Å²) in [5, 5.41) is 2.45. The number of carbonyl (C=O) groups excluding carboxylic acids is 1. The molecule has 0 unspecified atom stereocenters. The summed E-state index contributed by atoms with van der Waals surface area (Å²) in [6.45, 7) is 3.69. The molecule has 1 amide bonds. The molecule has 1 rings (SSSR count). The van der Waals surface area contributed by atoms with Crippen LogP contribution in [0.4, 0.5) is 8.78 Å². The molecule has 0 aliphatic heterocycles. The van der Waals surface area contributed by atoms with Crippen LogP contribution in [0.25, 0.3) is 0 Å². The molecular weight excluding hydrogens is 202 g/mol. The number of carbonyl (C=O) groups is 1. The number of pyridine rings is 1. The molecule has 5 heteroatoms. The molecule has 0 saturated heterocycles. The molecule has 0 fully saturated rings. The van der Waals surface area contributed by atoms with E-state index < -0.39 is 12.3 Å². The molecule has 1 heterocycles. The first kappa shape index (κ1) is 11.3. The minimum atomic E-state index is -2.60. The number of alkyl halides is 2. The second kappa shape index (κ2) is 5.19. The van der Waals surface area contributed by atoms with E-state index in [0.717, 1.165) is 6.07 Å². The molecule has 0 bridgehead atoms. The molecule has 0 atom stereocenters. The van der Waals surface area contributed by atoms with Crippen LogP contribution >= 0.6 is 0 Å². The third-order valence-electron chi connectivity index (χ3n) is 1.68. The fraction of sp³-hybridized carbons (Fsp3) is 0.200. The Bertz CT molecular complexity index is 366. The van der Waals surface area contributed by atoms with Gasteiger partial charge < -0.3 is 5.32 Å². The number of nitrogens with zero attached hydrogens (tertiary/aromatic N) is 1. The van der Waals surface area contributed by atoms with Crippen molar-refractivity contribution in [2.24, 2.45) is 0 Å². The van der Waals surface area contributed by atoms with Crippen molar-refractivity contribution in [2.75, 3.05) is 6.54 Å². The first-order valence-corrected chi connectivity index (χ1v) is 4.28. The molecule has 1 aromatic rings. The van der Waals surface area contributed by atoms with E-state index in [9.17, 15) is 13.6 Å². The van der Waals surface area contributed by atoms with E-state index in [1.807, 2.05) is 0 Å². The molecule has 15 heavy (non-hydrogen) atoms. The number of rotatable bonds is 4. The summed E-state index contributed by atoms with van der Waals surface area (Å²) in [5.41, 5.74) is -0.233. The van der Waals surface area contributed by atoms with Crippen molar-refractivity contribution >= 4 is 5.91 Å². The number of nitrogens with one attached hydrogen (secondary N) is 1. The van der Waals surface area contributed by atoms with Crippen molar-refractivity contribution in [1.29, 1.82) is 0 Å². The molecule has 0 saturated carbocycles. The van der Waals surface area contributed by atoms with Crippen LogP contribution in [0.2, 0.25) is 0 Å². The van der Waals surface area contributed by atoms with Crippen LogP contribution in [0.5, 0.6) is 0 Å². The molecule has 0 aliphatic carbocycles. The zero-order valence-electron chi connectivity index (χ0n) is 7.91. The van der Waals surface area contributed by atoms with E-state index in [1.165, 1.54) is 18.3 Å². The Morgan fingerprint density at radius 2 is 2.40 bits per heavy atom. The Labute approximate surface area is 85.8 Å². The minimum absolute atomic E-state index is 0.0188. The van der Waals surface area contributed by atoms with Crippen LogP contribution in [0.15, 0.2) is 31.0 Å². The third-order valence-corrected chi connectivity index (χ3v) is 1.68. The predicted octanol–water partition coefficient (Wildman–Crippen LogP) is 1.94. The average Bonchev–Trinajstić information content (AvgIpc) is 2.26. The largest absolute Gasteiger partial charge is 0.347 e. The summed E-state index contributed by atoms with van der Waals surface area (Å²) in [6.07, 6.45) is 0.0816. The summed E-state index contributed by atoms with van der Waals surface area (Å²) in [6, 6.07) is 2.25. The van der Waals surface area contributed by atoms with Crippen LogP contribution in [-0.4, -0.2) is 17.4 Å². The van der Waals surface area contributed by atoms with Gasteiger partial charge in [-0.25, -0.2) is 8.78 Å². The van der Waals surface area contributed by atoms with E-state index >= 15 is 0 Å². The number of hydrogen-bond donors (Lipinski definition) is 1. The maximum absolute atomic E-state index is 12.3. The van der Waals surface area contributed by atoms with Crippen LogP contribution in [0.3, 0.4) is 0 Å². The highest BCUT2D eigenvalue weighted by molar-refractivity contribution is 5.92. The van der Waals surface area contributed by atoms with Gasteiger partial charge in [0.2, 0.25) is 0 Å². The van der Waals surface area contributed by atoms with Gasteiger partial charge >= 0.3 is 0 Å². The first-order valence-electron chi connectivity index (χ1n) is 4.28. The quantitative estimate of drug-likeness (QED) is 0.775. The van der Waals surface area contributed by atoms with Crippen LogP contribution < -0.4 is 5.32 Å². The van der Waals surface area contributed by atoms with E-state index in [1.54, 1.807) is 0 Å². The van der Waals surface area contributed by atoms with Crippen LogP contribution in [0, 0.1) is 0 Å². The maximum Gasteiger partial charge on any atom is 0.270 e. The molecule has 80 valence electrons. The van der Waals surface area contributed by atoms with Gasteiger partial charge in [-0.1, -0.05) is 6.08 Å². The van der Waals surface area contributed by atoms with Crippen molar-refractivity contribution < 1.29 is 13.6 Å². The van der Waals surface area contributed by atoms with E-state index in [4.69, 9.17) is 0 Å². The summed E-state index contributed by atoms with van der Waals surface area (Å²) in [7, 11) is 0. The maximum atomic E-state index is 12.3. The van der Waals surface area contributed by atoms with Crippen molar-refractivity contribution in [3.63, 3.8) is 0 Å². The summed E-state index contributed by atoms with van der Waals surface area (Å²) >= 11 is 0. The fourth-order valence-corrected chi connectivity index (χ4v) is 0.962. The Balaban J connectivity index is 2.80. The average molecular weight is 212 g/mol. The second-order valence-corrected chi connectivity index (χ2v) is 2.77. The van der Waals surface area contributed by atoms with Crippen molar-refractivity contribution in [2.45, 2.75) is 6.43 Å². The standard InChI is InChI=1S/C10H10F2N2O/c1-2-4-14-10(15)8-6-7(9(11)12)3-5-13-8/h2-3,5-6,9H,1,4H2,(H,14,15). The van der Waals surface area contributed by atoms with Crippen molar-refractivity contribution in [3.8, 4) is 0 Å². The summed E-state index contributed by atoms with van der Waals surface area (Å²) in [5.74, 6) is -0.489. The van der Waals surface area contributed by atoms with Crippen LogP contribution in [-0.2, 0) is 0 Å². The Kier molecular flexibility index (Phi) is 3.91. The van der Waals surface area contributed by atoms with Gasteiger partial charge in [0.25, 0.3) is 12.3 Å². The van der Waals surface area contributed by atoms with Gasteiger partial charge in [0.05, 0.1) is 0 Å². The smallest absolute Gasteiger partial charge is 0.270 e. The Morgan fingerprint density at radius 3 is 3.00 bits per heavy atom. The summed E-state index contributed by atoms with van der Waals surface area (Å²) in [4.78, 5) is 15.0. The van der Waals surface area contributed by atoms with Crippen LogP contribution in [0.1, 0.15) is 22.5 Å². The predicted molar refractivity (Wildman–Crippen MR) is 51.7 cm³/mol. The summed E-state index contributed by atoms with van der Waals surface area (Å²) < 4.78 is 24.6. The molecule has 1 aromatic heterocycles. The normalized spacial score (nSPS) is 10.1. The highest BCUT2D eigenvalue weighted by Crippen LogP contribution is 2.18. The number of halogens is 2. The molecule has 0 aromatic carbocycles. The second-order valence-electron chi connectivity index (χ2n) is 2.77. The fourth-order valence-electron chi connectivity index (χ4n) is 0.962. The third kappa shape index (κ3) is 3.12. The van der Waals surface area contributed by atoms with Gasteiger partial charge in [0, 0.05) is 18.3 Å². The topological polar surface area (TPSA) is 42.0 Å². The highest BCUT2D eigenvalue weighted by Gasteiger charge is 2.11. The van der Waals surface area contributed by atoms with Gasteiger partial charge in [-0.05, 0) is 12.1 Å². The molecule has 0 radical (unpaired) electrons. The molecule has 0 spiro atoms. The zero-order valence-corrected chi connectivity index (χ0v) is 7.91. The van der Waals surface area contributed by atoms with Gasteiger partial charge in [-0.2, -0.15) is 0 Å². The SMILES string of the molecule is C=CCNC(=O)c1cc(C(F)F)ccn1. The van der Waals surface area contributed by atoms with E-state index in [2.05, 4.69) is 16.9 Å². The first-order chi connectivity index (χ1) is 7.15. The van der Waals surface area contributed by atoms with Gasteiger partial charge in [-0.3, -0.25) is 9.78 Å². The Hall–Kier alpha value is -1.78. The lowest BCUT2D eigenvalue weighted by molar-refractivity contribution is 0.0952. The van der Waals surface area contributed by atoms with E-state index in [0.29, 0.717) is 0 Å². The number of amides is 1. The lowest BCUT2D eigenvalue weighted by Gasteiger charge is -2.03. The molecule has 0 aliphatic rings. The lowest BCUT2D eigenvalue weighted by atomic mass is 10.2.